The van der Waals surface area contributed by atoms with Crippen molar-refractivity contribution in [3.05, 3.63) is 59.4 Å². The summed E-state index contributed by atoms with van der Waals surface area (Å²) in [5.41, 5.74) is 3.37. The van der Waals surface area contributed by atoms with Crippen LogP contribution in [0.2, 0.25) is 0 Å². The average molecular weight is 326 g/mol. The van der Waals surface area contributed by atoms with Gasteiger partial charge in [-0.05, 0) is 56.2 Å². The van der Waals surface area contributed by atoms with Crippen molar-refractivity contribution in [2.45, 2.75) is 27.3 Å². The number of pyridine rings is 1. The van der Waals surface area contributed by atoms with E-state index in [1.165, 1.54) is 11.1 Å². The second-order valence-corrected chi connectivity index (χ2v) is 5.61. The van der Waals surface area contributed by atoms with Crippen LogP contribution in [0.4, 0.5) is 0 Å². The van der Waals surface area contributed by atoms with Gasteiger partial charge in [-0.25, -0.2) is 4.99 Å². The molecule has 5 nitrogen and oxygen atoms in total. The Kier molecular flexibility index (Phi) is 7.08. The second kappa shape index (κ2) is 9.55. The highest BCUT2D eigenvalue weighted by Gasteiger charge is 2.00. The Morgan fingerprint density at radius 2 is 1.92 bits per heavy atom. The number of aliphatic imine (C=N–C) groups is 1. The van der Waals surface area contributed by atoms with Gasteiger partial charge in [-0.2, -0.15) is 0 Å². The first-order valence-corrected chi connectivity index (χ1v) is 8.30. The quantitative estimate of drug-likeness (QED) is 0.467. The molecule has 1 aromatic heterocycles. The fourth-order valence-electron chi connectivity index (χ4n) is 2.35. The fourth-order valence-corrected chi connectivity index (χ4v) is 2.35. The van der Waals surface area contributed by atoms with E-state index < -0.39 is 0 Å². The molecule has 1 heterocycles. The third-order valence-corrected chi connectivity index (χ3v) is 3.33. The number of aromatic nitrogens is 1. The Morgan fingerprint density at radius 3 is 2.58 bits per heavy atom. The molecule has 0 unspecified atom stereocenters. The number of hydrogen-bond donors (Lipinski definition) is 2. The highest BCUT2D eigenvalue weighted by Crippen LogP contribution is 2.15. The van der Waals surface area contributed by atoms with Gasteiger partial charge in [0.05, 0.1) is 18.8 Å². The number of rotatable bonds is 7. The lowest BCUT2D eigenvalue weighted by Gasteiger charge is -2.12. The van der Waals surface area contributed by atoms with E-state index in [9.17, 15) is 0 Å². The minimum Gasteiger partial charge on any atom is -0.492 e. The minimum absolute atomic E-state index is 0.550. The summed E-state index contributed by atoms with van der Waals surface area (Å²) in [7, 11) is 0. The maximum absolute atomic E-state index is 5.80. The largest absolute Gasteiger partial charge is 0.492 e. The molecule has 0 amide bonds. The molecular weight excluding hydrogens is 300 g/mol. The number of nitrogens with one attached hydrogen (secondary N) is 2. The molecule has 0 saturated carbocycles. The monoisotopic (exact) mass is 326 g/mol. The molecule has 0 bridgehead atoms. The molecule has 1 aromatic carbocycles. The zero-order valence-electron chi connectivity index (χ0n) is 14.7. The van der Waals surface area contributed by atoms with Crippen LogP contribution in [0.15, 0.2) is 47.6 Å². The lowest BCUT2D eigenvalue weighted by molar-refractivity contribution is 0.321. The summed E-state index contributed by atoms with van der Waals surface area (Å²) in [4.78, 5) is 8.81. The number of hydrogen-bond acceptors (Lipinski definition) is 3. The topological polar surface area (TPSA) is 58.5 Å². The molecular formula is C19H26N4O. The lowest BCUT2D eigenvalue weighted by atomic mass is 10.1. The van der Waals surface area contributed by atoms with Gasteiger partial charge in [0.25, 0.3) is 0 Å². The first kappa shape index (κ1) is 17.8. The van der Waals surface area contributed by atoms with Gasteiger partial charge in [-0.3, -0.25) is 4.98 Å². The molecule has 0 fully saturated rings. The zero-order valence-corrected chi connectivity index (χ0v) is 14.7. The van der Waals surface area contributed by atoms with Gasteiger partial charge >= 0.3 is 0 Å². The summed E-state index contributed by atoms with van der Waals surface area (Å²) >= 11 is 0. The number of nitrogens with zero attached hydrogens (tertiary/aromatic N) is 2. The van der Waals surface area contributed by atoms with Crippen LogP contribution in [0.5, 0.6) is 5.75 Å². The van der Waals surface area contributed by atoms with E-state index in [0.717, 1.165) is 23.9 Å². The van der Waals surface area contributed by atoms with Gasteiger partial charge in [0.2, 0.25) is 0 Å². The van der Waals surface area contributed by atoms with Gasteiger partial charge < -0.3 is 15.4 Å². The van der Waals surface area contributed by atoms with Crippen LogP contribution in [0.25, 0.3) is 0 Å². The summed E-state index contributed by atoms with van der Waals surface area (Å²) in [5.74, 6) is 1.68. The number of guanidine groups is 1. The highest BCUT2D eigenvalue weighted by atomic mass is 16.5. The molecule has 0 radical (unpaired) electrons. The van der Waals surface area contributed by atoms with Gasteiger partial charge in [0, 0.05) is 12.7 Å². The third kappa shape index (κ3) is 6.28. The molecule has 0 atom stereocenters. The van der Waals surface area contributed by atoms with E-state index in [2.05, 4.69) is 40.5 Å². The summed E-state index contributed by atoms with van der Waals surface area (Å²) in [5, 5.41) is 6.50. The first-order chi connectivity index (χ1) is 11.7. The first-order valence-electron chi connectivity index (χ1n) is 8.30. The van der Waals surface area contributed by atoms with E-state index >= 15 is 0 Å². The SMILES string of the molecule is CCNC(=NCc1ccccn1)NCCOc1cc(C)cc(C)c1. The number of ether oxygens (including phenoxy) is 1. The summed E-state index contributed by atoms with van der Waals surface area (Å²) < 4.78 is 5.80. The second-order valence-electron chi connectivity index (χ2n) is 5.61. The van der Waals surface area contributed by atoms with E-state index in [1.807, 2.05) is 37.3 Å². The van der Waals surface area contributed by atoms with Gasteiger partial charge in [0.15, 0.2) is 5.96 Å². The predicted molar refractivity (Wildman–Crippen MR) is 98.5 cm³/mol. The van der Waals surface area contributed by atoms with Crippen LogP contribution in [-0.4, -0.2) is 30.6 Å². The average Bonchev–Trinajstić information content (AvgIpc) is 2.56. The maximum atomic E-state index is 5.80. The van der Waals surface area contributed by atoms with Crippen LogP contribution in [-0.2, 0) is 6.54 Å². The zero-order chi connectivity index (χ0) is 17.2. The summed E-state index contributed by atoms with van der Waals surface area (Å²) in [6, 6.07) is 12.1. The fraction of sp³-hybridized carbons (Fsp3) is 0.368. The molecule has 0 aliphatic heterocycles. The summed E-state index contributed by atoms with van der Waals surface area (Å²) in [6.07, 6.45) is 1.78. The molecule has 0 aliphatic carbocycles. The molecule has 2 rings (SSSR count). The third-order valence-electron chi connectivity index (χ3n) is 3.33. The van der Waals surface area contributed by atoms with Gasteiger partial charge in [-0.1, -0.05) is 12.1 Å². The Morgan fingerprint density at radius 1 is 1.12 bits per heavy atom. The van der Waals surface area contributed by atoms with Crippen LogP contribution >= 0.6 is 0 Å². The van der Waals surface area contributed by atoms with Crippen molar-refractivity contribution in [1.29, 1.82) is 0 Å². The van der Waals surface area contributed by atoms with Crippen molar-refractivity contribution in [3.8, 4) is 5.75 Å². The molecule has 128 valence electrons. The Hall–Kier alpha value is -2.56. The standard InChI is InChI=1S/C19H26N4O/c1-4-20-19(23-14-17-7-5-6-8-21-17)22-9-10-24-18-12-15(2)11-16(3)13-18/h5-8,11-13H,4,9-10,14H2,1-3H3,(H2,20,22,23). The van der Waals surface area contributed by atoms with Gasteiger partial charge in [-0.15, -0.1) is 0 Å². The van der Waals surface area contributed by atoms with Crippen LogP contribution in [0.1, 0.15) is 23.7 Å². The highest BCUT2D eigenvalue weighted by molar-refractivity contribution is 5.79. The molecule has 2 N–H and O–H groups in total. The van der Waals surface area contributed by atoms with Crippen LogP contribution in [0.3, 0.4) is 0 Å². The van der Waals surface area contributed by atoms with E-state index in [-0.39, 0.29) is 0 Å². The molecule has 0 spiro atoms. The Bertz CT molecular complexity index is 635. The molecule has 5 heteroatoms. The van der Waals surface area contributed by atoms with Gasteiger partial charge in [0.1, 0.15) is 12.4 Å². The van der Waals surface area contributed by atoms with Crippen molar-refractivity contribution >= 4 is 5.96 Å². The summed E-state index contributed by atoms with van der Waals surface area (Å²) in [6.45, 7) is 8.82. The smallest absolute Gasteiger partial charge is 0.191 e. The van der Waals surface area contributed by atoms with E-state index in [4.69, 9.17) is 4.74 Å². The predicted octanol–water partition coefficient (Wildman–Crippen LogP) is 2.83. The van der Waals surface area contributed by atoms with E-state index in [0.29, 0.717) is 19.7 Å². The van der Waals surface area contributed by atoms with Crippen molar-refractivity contribution in [2.75, 3.05) is 19.7 Å². The van der Waals surface area contributed by atoms with Crippen LogP contribution < -0.4 is 15.4 Å². The Labute approximate surface area is 144 Å². The lowest BCUT2D eigenvalue weighted by Crippen LogP contribution is -2.39. The molecule has 2 aromatic rings. The van der Waals surface area contributed by atoms with Crippen molar-refractivity contribution in [1.82, 2.24) is 15.6 Å². The van der Waals surface area contributed by atoms with E-state index in [1.54, 1.807) is 6.20 Å². The molecule has 24 heavy (non-hydrogen) atoms. The maximum Gasteiger partial charge on any atom is 0.191 e. The molecule has 0 aliphatic rings. The van der Waals surface area contributed by atoms with Crippen LogP contribution in [0, 0.1) is 13.8 Å². The van der Waals surface area contributed by atoms with Crippen molar-refractivity contribution in [2.24, 2.45) is 4.99 Å². The Balaban J connectivity index is 1.80. The van der Waals surface area contributed by atoms with Crippen molar-refractivity contribution < 1.29 is 4.74 Å². The number of benzene rings is 1. The normalized spacial score (nSPS) is 11.2. The minimum atomic E-state index is 0.550. The number of aryl methyl sites for hydroxylation is 2. The molecule has 0 saturated heterocycles. The van der Waals surface area contributed by atoms with Crippen molar-refractivity contribution in [3.63, 3.8) is 0 Å².